The molecule has 108 valence electrons. The van der Waals surface area contributed by atoms with Crippen LogP contribution < -0.4 is 10.5 Å². The molecule has 2 aromatic rings. The lowest BCUT2D eigenvalue weighted by molar-refractivity contribution is 0.481. The third kappa shape index (κ3) is 3.21. The first-order valence-corrected chi connectivity index (χ1v) is 8.05. The highest BCUT2D eigenvalue weighted by Gasteiger charge is 2.22. The third-order valence-corrected chi connectivity index (χ3v) is 4.76. The van der Waals surface area contributed by atoms with Crippen molar-refractivity contribution in [3.05, 3.63) is 51.7 Å². The zero-order chi connectivity index (χ0) is 14.8. The number of hydrogen-bond acceptors (Lipinski definition) is 4. The molecule has 0 atom stereocenters. The van der Waals surface area contributed by atoms with Crippen molar-refractivity contribution in [2.24, 2.45) is 5.73 Å². The summed E-state index contributed by atoms with van der Waals surface area (Å²) in [7, 11) is -4.14. The van der Waals surface area contributed by atoms with Gasteiger partial charge in [-0.25, -0.2) is 21.9 Å². The SMILES string of the molecule is NCc1cc(F)c(F)c(S(=O)(=O)NCc2ccsc2)c1. The molecular weight excluding hydrogens is 306 g/mol. The minimum Gasteiger partial charge on any atom is -0.326 e. The Morgan fingerprint density at radius 1 is 1.25 bits per heavy atom. The molecule has 0 aliphatic carbocycles. The summed E-state index contributed by atoms with van der Waals surface area (Å²) < 4.78 is 53.3. The van der Waals surface area contributed by atoms with Crippen LogP contribution in [0.25, 0.3) is 0 Å². The van der Waals surface area contributed by atoms with E-state index in [-0.39, 0.29) is 18.7 Å². The van der Waals surface area contributed by atoms with Crippen LogP contribution in [-0.4, -0.2) is 8.42 Å². The maximum atomic E-state index is 13.6. The summed E-state index contributed by atoms with van der Waals surface area (Å²) in [6.07, 6.45) is 0. The molecule has 0 saturated heterocycles. The molecule has 20 heavy (non-hydrogen) atoms. The van der Waals surface area contributed by atoms with E-state index < -0.39 is 26.6 Å². The van der Waals surface area contributed by atoms with E-state index in [0.29, 0.717) is 0 Å². The van der Waals surface area contributed by atoms with Gasteiger partial charge in [0.05, 0.1) is 0 Å². The van der Waals surface area contributed by atoms with Gasteiger partial charge < -0.3 is 5.73 Å². The normalized spacial score (nSPS) is 11.8. The lowest BCUT2D eigenvalue weighted by atomic mass is 10.2. The van der Waals surface area contributed by atoms with Crippen LogP contribution in [0.4, 0.5) is 8.78 Å². The van der Waals surface area contributed by atoms with Gasteiger partial charge in [-0.15, -0.1) is 0 Å². The standard InChI is InChI=1S/C12H12F2N2O2S2/c13-10-3-9(5-15)4-11(12(10)14)20(17,18)16-6-8-1-2-19-7-8/h1-4,7,16H,5-6,15H2. The fraction of sp³-hybridized carbons (Fsp3) is 0.167. The largest absolute Gasteiger partial charge is 0.326 e. The van der Waals surface area contributed by atoms with Crippen molar-refractivity contribution in [3.63, 3.8) is 0 Å². The molecular formula is C12H12F2N2O2S2. The Labute approximate surface area is 119 Å². The molecule has 0 aliphatic rings. The van der Waals surface area contributed by atoms with Gasteiger partial charge in [0.25, 0.3) is 0 Å². The average molecular weight is 318 g/mol. The van der Waals surface area contributed by atoms with E-state index in [1.807, 2.05) is 0 Å². The molecule has 0 amide bonds. The number of thiophene rings is 1. The number of benzene rings is 1. The Hall–Kier alpha value is -1.35. The van der Waals surface area contributed by atoms with Crippen LogP contribution in [0.5, 0.6) is 0 Å². The van der Waals surface area contributed by atoms with Crippen LogP contribution in [-0.2, 0) is 23.1 Å². The number of halogens is 2. The van der Waals surface area contributed by atoms with Crippen LogP contribution >= 0.6 is 11.3 Å². The molecule has 2 rings (SSSR count). The summed E-state index contributed by atoms with van der Waals surface area (Å²) in [6, 6.07) is 3.65. The van der Waals surface area contributed by atoms with E-state index in [4.69, 9.17) is 5.73 Å². The predicted molar refractivity (Wildman–Crippen MR) is 72.6 cm³/mol. The number of sulfonamides is 1. The number of nitrogens with two attached hydrogens (primary N) is 1. The van der Waals surface area contributed by atoms with E-state index >= 15 is 0 Å². The highest BCUT2D eigenvalue weighted by atomic mass is 32.2. The van der Waals surface area contributed by atoms with Gasteiger partial charge in [-0.1, -0.05) is 0 Å². The minimum atomic E-state index is -4.14. The highest BCUT2D eigenvalue weighted by Crippen LogP contribution is 2.20. The molecule has 1 aromatic carbocycles. The second-order valence-electron chi connectivity index (χ2n) is 4.05. The average Bonchev–Trinajstić information content (AvgIpc) is 2.92. The monoisotopic (exact) mass is 318 g/mol. The molecule has 1 aromatic heterocycles. The Balaban J connectivity index is 2.31. The topological polar surface area (TPSA) is 72.2 Å². The minimum absolute atomic E-state index is 0.0136. The van der Waals surface area contributed by atoms with Crippen LogP contribution in [0.2, 0.25) is 0 Å². The first kappa shape index (κ1) is 15.0. The van der Waals surface area contributed by atoms with Gasteiger partial charge in [-0.05, 0) is 40.1 Å². The van der Waals surface area contributed by atoms with Crippen LogP contribution in [0.3, 0.4) is 0 Å². The van der Waals surface area contributed by atoms with Crippen molar-refractivity contribution in [2.75, 3.05) is 0 Å². The zero-order valence-electron chi connectivity index (χ0n) is 10.3. The molecule has 0 radical (unpaired) electrons. The smallest absolute Gasteiger partial charge is 0.243 e. The maximum Gasteiger partial charge on any atom is 0.243 e. The molecule has 0 bridgehead atoms. The molecule has 0 unspecified atom stereocenters. The predicted octanol–water partition coefficient (Wildman–Crippen LogP) is 1.96. The Morgan fingerprint density at radius 3 is 2.60 bits per heavy atom. The maximum absolute atomic E-state index is 13.6. The van der Waals surface area contributed by atoms with E-state index in [9.17, 15) is 17.2 Å². The van der Waals surface area contributed by atoms with Gasteiger partial charge in [-0.2, -0.15) is 11.3 Å². The van der Waals surface area contributed by atoms with Gasteiger partial charge in [0.2, 0.25) is 10.0 Å². The first-order valence-electron chi connectivity index (χ1n) is 5.63. The lowest BCUT2D eigenvalue weighted by Gasteiger charge is -2.09. The zero-order valence-corrected chi connectivity index (χ0v) is 11.9. The van der Waals surface area contributed by atoms with Crippen molar-refractivity contribution >= 4 is 21.4 Å². The van der Waals surface area contributed by atoms with E-state index in [1.165, 1.54) is 11.3 Å². The highest BCUT2D eigenvalue weighted by molar-refractivity contribution is 7.89. The van der Waals surface area contributed by atoms with E-state index in [1.54, 1.807) is 16.8 Å². The molecule has 8 heteroatoms. The molecule has 0 aliphatic heterocycles. The van der Waals surface area contributed by atoms with Crippen molar-refractivity contribution < 1.29 is 17.2 Å². The molecule has 1 heterocycles. The van der Waals surface area contributed by atoms with Gasteiger partial charge in [0, 0.05) is 13.1 Å². The summed E-state index contributed by atoms with van der Waals surface area (Å²) in [6.45, 7) is -0.0655. The number of rotatable bonds is 5. The fourth-order valence-electron chi connectivity index (χ4n) is 1.58. The van der Waals surface area contributed by atoms with Crippen molar-refractivity contribution in [1.29, 1.82) is 0 Å². The van der Waals surface area contributed by atoms with Gasteiger partial charge in [0.1, 0.15) is 4.90 Å². The van der Waals surface area contributed by atoms with E-state index in [0.717, 1.165) is 17.7 Å². The van der Waals surface area contributed by atoms with Gasteiger partial charge in [-0.3, -0.25) is 0 Å². The molecule has 0 saturated carbocycles. The summed E-state index contributed by atoms with van der Waals surface area (Å²) in [5.74, 6) is -2.64. The second kappa shape index (κ2) is 5.96. The van der Waals surface area contributed by atoms with Crippen molar-refractivity contribution in [1.82, 2.24) is 4.72 Å². The van der Waals surface area contributed by atoms with Crippen molar-refractivity contribution in [2.45, 2.75) is 18.0 Å². The Bertz CT molecular complexity index is 700. The third-order valence-electron chi connectivity index (χ3n) is 2.63. The summed E-state index contributed by atoms with van der Waals surface area (Å²) >= 11 is 1.41. The molecule has 4 nitrogen and oxygen atoms in total. The number of nitrogens with one attached hydrogen (secondary N) is 1. The lowest BCUT2D eigenvalue weighted by Crippen LogP contribution is -2.24. The number of hydrogen-bond donors (Lipinski definition) is 2. The van der Waals surface area contributed by atoms with E-state index in [2.05, 4.69) is 4.72 Å². The second-order valence-corrected chi connectivity index (χ2v) is 6.57. The molecule has 3 N–H and O–H groups in total. The van der Waals surface area contributed by atoms with Gasteiger partial charge in [0.15, 0.2) is 11.6 Å². The van der Waals surface area contributed by atoms with Crippen LogP contribution in [0.15, 0.2) is 33.9 Å². The Morgan fingerprint density at radius 2 is 2.00 bits per heavy atom. The fourth-order valence-corrected chi connectivity index (χ4v) is 3.40. The van der Waals surface area contributed by atoms with Crippen LogP contribution in [0, 0.1) is 11.6 Å². The summed E-state index contributed by atoms with van der Waals surface area (Å²) in [5, 5.41) is 3.55. The molecule has 0 fully saturated rings. The van der Waals surface area contributed by atoms with Crippen molar-refractivity contribution in [3.8, 4) is 0 Å². The summed E-state index contributed by atoms with van der Waals surface area (Å²) in [4.78, 5) is -0.729. The first-order chi connectivity index (χ1) is 9.44. The summed E-state index contributed by atoms with van der Waals surface area (Å²) in [5.41, 5.74) is 6.28. The quantitative estimate of drug-likeness (QED) is 0.885. The van der Waals surface area contributed by atoms with Crippen LogP contribution in [0.1, 0.15) is 11.1 Å². The van der Waals surface area contributed by atoms with Gasteiger partial charge >= 0.3 is 0 Å². The Kier molecular flexibility index (Phi) is 4.48. The molecule has 0 spiro atoms.